The van der Waals surface area contributed by atoms with Gasteiger partial charge in [-0.25, -0.2) is 4.79 Å². The predicted octanol–water partition coefficient (Wildman–Crippen LogP) is 1.69. The van der Waals surface area contributed by atoms with Gasteiger partial charge in [-0.2, -0.15) is 0 Å². The maximum Gasteiger partial charge on any atom is 0.338 e. The summed E-state index contributed by atoms with van der Waals surface area (Å²) in [4.78, 5) is 12.6. The van der Waals surface area contributed by atoms with E-state index in [9.17, 15) is 4.79 Å². The normalized spacial score (nSPS) is 16.8. The average Bonchev–Trinajstić information content (AvgIpc) is 2.60. The minimum Gasteiger partial charge on any atom is -0.497 e. The zero-order valence-electron chi connectivity index (χ0n) is 14.7. The van der Waals surface area contributed by atoms with Crippen molar-refractivity contribution in [3.05, 3.63) is 35.0 Å². The first kappa shape index (κ1) is 19.0. The van der Waals surface area contributed by atoms with Gasteiger partial charge in [-0.3, -0.25) is 0 Å². The van der Waals surface area contributed by atoms with Crippen LogP contribution in [-0.4, -0.2) is 45.6 Å². The van der Waals surface area contributed by atoms with E-state index < -0.39 is 12.0 Å². The topological polar surface area (TPSA) is 78.1 Å². The second-order valence-electron chi connectivity index (χ2n) is 5.31. The number of thiocarbonyl (C=S) groups is 1. The molecule has 0 bridgehead atoms. The van der Waals surface area contributed by atoms with Crippen molar-refractivity contribution in [2.75, 3.05) is 34.5 Å². The molecule has 1 aromatic carbocycles. The number of carbonyl (C=O) groups excluding carboxylic acids is 1. The molecule has 0 spiro atoms. The molecule has 136 valence electrons. The van der Waals surface area contributed by atoms with E-state index in [0.29, 0.717) is 34.5 Å². The number of hydrogen-bond donors (Lipinski definition) is 2. The number of methoxy groups -OCH3 is 3. The fraction of sp³-hybridized carbons (Fsp3) is 0.412. The van der Waals surface area contributed by atoms with Gasteiger partial charge in [0.05, 0.1) is 32.4 Å². The minimum atomic E-state index is -0.496. The van der Waals surface area contributed by atoms with Gasteiger partial charge in [0.25, 0.3) is 0 Å². The van der Waals surface area contributed by atoms with E-state index in [1.165, 1.54) is 0 Å². The van der Waals surface area contributed by atoms with Crippen LogP contribution < -0.4 is 20.1 Å². The van der Waals surface area contributed by atoms with Crippen LogP contribution >= 0.6 is 12.2 Å². The van der Waals surface area contributed by atoms with Crippen LogP contribution in [0.2, 0.25) is 0 Å². The highest BCUT2D eigenvalue weighted by molar-refractivity contribution is 7.80. The number of carbonyl (C=O) groups is 1. The van der Waals surface area contributed by atoms with Gasteiger partial charge in [0, 0.05) is 24.4 Å². The molecule has 8 heteroatoms. The monoisotopic (exact) mass is 366 g/mol. The van der Waals surface area contributed by atoms with Crippen LogP contribution in [0.5, 0.6) is 11.5 Å². The Hall–Kier alpha value is -2.32. The van der Waals surface area contributed by atoms with Gasteiger partial charge in [0.2, 0.25) is 0 Å². The number of rotatable bonds is 7. The zero-order valence-corrected chi connectivity index (χ0v) is 15.5. The summed E-state index contributed by atoms with van der Waals surface area (Å²) < 4.78 is 20.9. The van der Waals surface area contributed by atoms with E-state index in [2.05, 4.69) is 10.6 Å². The Morgan fingerprint density at radius 1 is 1.20 bits per heavy atom. The molecular weight excluding hydrogens is 344 g/mol. The summed E-state index contributed by atoms with van der Waals surface area (Å²) in [5, 5.41) is 6.49. The number of hydrogen-bond acceptors (Lipinski definition) is 6. The molecule has 1 heterocycles. The molecule has 7 nitrogen and oxygen atoms in total. The van der Waals surface area contributed by atoms with Gasteiger partial charge >= 0.3 is 5.97 Å². The Labute approximate surface area is 152 Å². The third-order valence-corrected chi connectivity index (χ3v) is 3.98. The second kappa shape index (κ2) is 8.68. The molecule has 0 saturated heterocycles. The largest absolute Gasteiger partial charge is 0.497 e. The number of nitrogens with one attached hydrogen (secondary N) is 2. The van der Waals surface area contributed by atoms with E-state index in [1.54, 1.807) is 40.4 Å². The molecular formula is C17H22N2O5S. The van der Waals surface area contributed by atoms with Crippen molar-refractivity contribution >= 4 is 23.3 Å². The molecule has 1 aliphatic rings. The lowest BCUT2D eigenvalue weighted by Crippen LogP contribution is -2.45. The Kier molecular flexibility index (Phi) is 6.60. The minimum absolute atomic E-state index is 0.170. The maximum atomic E-state index is 12.6. The van der Waals surface area contributed by atoms with Gasteiger partial charge in [-0.15, -0.1) is 0 Å². The smallest absolute Gasteiger partial charge is 0.338 e. The molecule has 0 aromatic heterocycles. The SMILES string of the molecule is COCCOC(=O)C1=C(C)NC(=S)NC1c1ccc(OC)cc1OC. The first-order valence-corrected chi connectivity index (χ1v) is 8.09. The number of allylic oxidation sites excluding steroid dienone is 1. The quantitative estimate of drug-likeness (QED) is 0.429. The molecule has 0 amide bonds. The van der Waals surface area contributed by atoms with Crippen LogP contribution in [-0.2, 0) is 14.3 Å². The van der Waals surface area contributed by atoms with E-state index in [0.717, 1.165) is 5.56 Å². The van der Waals surface area contributed by atoms with Gasteiger partial charge < -0.3 is 29.6 Å². The molecule has 25 heavy (non-hydrogen) atoms. The average molecular weight is 366 g/mol. The highest BCUT2D eigenvalue weighted by atomic mass is 32.1. The summed E-state index contributed by atoms with van der Waals surface area (Å²) in [5.41, 5.74) is 1.83. The first-order chi connectivity index (χ1) is 12.0. The van der Waals surface area contributed by atoms with Gasteiger partial charge in [-0.05, 0) is 31.3 Å². The fourth-order valence-electron chi connectivity index (χ4n) is 2.55. The Balaban J connectivity index is 2.40. The first-order valence-electron chi connectivity index (χ1n) is 7.68. The maximum absolute atomic E-state index is 12.6. The Morgan fingerprint density at radius 3 is 2.60 bits per heavy atom. The third-order valence-electron chi connectivity index (χ3n) is 3.76. The van der Waals surface area contributed by atoms with Crippen LogP contribution in [0.1, 0.15) is 18.5 Å². The zero-order chi connectivity index (χ0) is 18.4. The van der Waals surface area contributed by atoms with Crippen molar-refractivity contribution in [3.8, 4) is 11.5 Å². The Bertz CT molecular complexity index is 690. The van der Waals surface area contributed by atoms with Crippen molar-refractivity contribution in [1.82, 2.24) is 10.6 Å². The molecule has 0 saturated carbocycles. The van der Waals surface area contributed by atoms with Gasteiger partial charge in [-0.1, -0.05) is 0 Å². The van der Waals surface area contributed by atoms with Crippen LogP contribution in [0.25, 0.3) is 0 Å². The predicted molar refractivity (Wildman–Crippen MR) is 96.7 cm³/mol. The lowest BCUT2D eigenvalue weighted by Gasteiger charge is -2.30. The molecule has 1 unspecified atom stereocenters. The lowest BCUT2D eigenvalue weighted by molar-refractivity contribution is -0.140. The summed E-state index contributed by atoms with van der Waals surface area (Å²) in [7, 11) is 4.69. The molecule has 0 aliphatic carbocycles. The second-order valence-corrected chi connectivity index (χ2v) is 5.71. The Morgan fingerprint density at radius 2 is 1.96 bits per heavy atom. The van der Waals surface area contributed by atoms with Crippen molar-refractivity contribution in [3.63, 3.8) is 0 Å². The number of esters is 1. The van der Waals surface area contributed by atoms with Crippen molar-refractivity contribution in [1.29, 1.82) is 0 Å². The standard InChI is InChI=1S/C17H22N2O5S/c1-10-14(16(20)24-8-7-21-2)15(19-17(25)18-10)12-6-5-11(22-3)9-13(12)23-4/h5-6,9,15H,7-8H2,1-4H3,(H2,18,19,25). The van der Waals surface area contributed by atoms with Crippen molar-refractivity contribution in [2.24, 2.45) is 0 Å². The summed E-state index contributed by atoms with van der Waals surface area (Å²) in [6.07, 6.45) is 0. The van der Waals surface area contributed by atoms with Crippen LogP contribution in [0.4, 0.5) is 0 Å². The van der Waals surface area contributed by atoms with Gasteiger partial charge in [0.15, 0.2) is 5.11 Å². The molecule has 2 N–H and O–H groups in total. The van der Waals surface area contributed by atoms with Crippen LogP contribution in [0.3, 0.4) is 0 Å². The molecule has 1 aliphatic heterocycles. The van der Waals surface area contributed by atoms with E-state index >= 15 is 0 Å². The molecule has 1 aromatic rings. The molecule has 2 rings (SSSR count). The van der Waals surface area contributed by atoms with Crippen LogP contribution in [0, 0.1) is 0 Å². The van der Waals surface area contributed by atoms with E-state index in [1.807, 2.05) is 6.07 Å². The van der Waals surface area contributed by atoms with E-state index in [-0.39, 0.29) is 6.61 Å². The number of benzene rings is 1. The number of ether oxygens (including phenoxy) is 4. The highest BCUT2D eigenvalue weighted by Gasteiger charge is 2.32. The molecule has 0 fully saturated rings. The third kappa shape index (κ3) is 4.40. The van der Waals surface area contributed by atoms with Gasteiger partial charge in [0.1, 0.15) is 18.1 Å². The van der Waals surface area contributed by atoms with Crippen LogP contribution in [0.15, 0.2) is 29.5 Å². The van der Waals surface area contributed by atoms with Crippen molar-refractivity contribution in [2.45, 2.75) is 13.0 Å². The lowest BCUT2D eigenvalue weighted by atomic mass is 9.94. The molecule has 1 atom stereocenters. The highest BCUT2D eigenvalue weighted by Crippen LogP contribution is 2.35. The fourth-order valence-corrected chi connectivity index (χ4v) is 2.82. The van der Waals surface area contributed by atoms with Crippen molar-refractivity contribution < 1.29 is 23.7 Å². The summed E-state index contributed by atoms with van der Waals surface area (Å²) in [5.74, 6) is 0.790. The summed E-state index contributed by atoms with van der Waals surface area (Å²) in [6, 6.07) is 4.89. The van der Waals surface area contributed by atoms with E-state index in [4.69, 9.17) is 31.2 Å². The molecule has 0 radical (unpaired) electrons. The summed E-state index contributed by atoms with van der Waals surface area (Å²) >= 11 is 5.24. The summed E-state index contributed by atoms with van der Waals surface area (Å²) in [6.45, 7) is 2.28.